The molecule has 1 unspecified atom stereocenters. The minimum absolute atomic E-state index is 0.133. The summed E-state index contributed by atoms with van der Waals surface area (Å²) in [7, 11) is 0. The second-order valence-corrected chi connectivity index (χ2v) is 7.13. The maximum atomic E-state index is 12.2. The van der Waals surface area contributed by atoms with Crippen molar-refractivity contribution in [1.29, 1.82) is 5.41 Å². The maximum absolute atomic E-state index is 12.2. The molecule has 0 bridgehead atoms. The van der Waals surface area contributed by atoms with E-state index in [1.165, 1.54) is 0 Å². The molecule has 0 spiro atoms. The summed E-state index contributed by atoms with van der Waals surface area (Å²) in [6.07, 6.45) is 7.82. The molecule has 1 aliphatic carbocycles. The van der Waals surface area contributed by atoms with E-state index < -0.39 is 0 Å². The number of nitrogens with zero attached hydrogens (tertiary/aromatic N) is 3. The molecule has 1 amide bonds. The molecule has 1 saturated heterocycles. The summed E-state index contributed by atoms with van der Waals surface area (Å²) in [5, 5.41) is 17.1. The van der Waals surface area contributed by atoms with Gasteiger partial charge >= 0.3 is 0 Å². The van der Waals surface area contributed by atoms with Crippen molar-refractivity contribution in [2.75, 3.05) is 19.6 Å². The van der Waals surface area contributed by atoms with Crippen LogP contribution >= 0.6 is 0 Å². The van der Waals surface area contributed by atoms with Crippen LogP contribution in [0.3, 0.4) is 0 Å². The fraction of sp³-hybridized carbons (Fsp3) is 0.381. The number of benzene rings is 1. The number of nitrogens with one attached hydrogen (secondary N) is 3. The average Bonchev–Trinajstić information content (AvgIpc) is 2.73. The summed E-state index contributed by atoms with van der Waals surface area (Å²) in [5.41, 5.74) is 1.98. The van der Waals surface area contributed by atoms with Crippen LogP contribution in [0.15, 0.2) is 64.3 Å². The van der Waals surface area contributed by atoms with Crippen LogP contribution in [-0.2, 0) is 11.3 Å². The van der Waals surface area contributed by atoms with E-state index in [0.29, 0.717) is 32.0 Å². The van der Waals surface area contributed by atoms with E-state index in [9.17, 15) is 9.70 Å². The van der Waals surface area contributed by atoms with E-state index in [2.05, 4.69) is 31.8 Å². The Morgan fingerprint density at radius 3 is 2.83 bits per heavy atom. The fourth-order valence-corrected chi connectivity index (χ4v) is 3.41. The van der Waals surface area contributed by atoms with E-state index in [-0.39, 0.29) is 24.3 Å². The highest BCUT2D eigenvalue weighted by Gasteiger charge is 2.25. The number of amides is 1. The molecule has 1 aromatic rings. The third-order valence-electron chi connectivity index (χ3n) is 4.81. The molecular formula is C21H26N6O2. The highest BCUT2D eigenvalue weighted by Crippen LogP contribution is 2.14. The normalized spacial score (nSPS) is 20.2. The van der Waals surface area contributed by atoms with Crippen molar-refractivity contribution in [2.24, 2.45) is 10.2 Å². The van der Waals surface area contributed by atoms with Crippen molar-refractivity contribution in [1.82, 2.24) is 15.5 Å². The minimum Gasteiger partial charge on any atom is -0.351 e. The van der Waals surface area contributed by atoms with Crippen LogP contribution in [0.4, 0.5) is 0 Å². The van der Waals surface area contributed by atoms with E-state index >= 15 is 0 Å². The van der Waals surface area contributed by atoms with E-state index in [4.69, 9.17) is 5.41 Å². The van der Waals surface area contributed by atoms with Gasteiger partial charge in [-0.25, -0.2) is 0 Å². The number of hydrogen-bond acceptors (Lipinski definition) is 5. The summed E-state index contributed by atoms with van der Waals surface area (Å²) < 4.78 is 0. The number of nitroso groups, excluding NO2 is 1. The van der Waals surface area contributed by atoms with E-state index in [0.717, 1.165) is 24.0 Å². The number of carbonyl (C=O) groups is 1. The quantitative estimate of drug-likeness (QED) is 0.357. The molecule has 1 atom stereocenters. The first kappa shape index (κ1) is 20.6. The Morgan fingerprint density at radius 2 is 2.10 bits per heavy atom. The molecule has 1 heterocycles. The standard InChI is InChI=1S/C21H26N6O2/c22-20(17-9-5-2-6-10-17)26-21-24-18(13-19(28)25-21)15-27(12-11-23-29)14-16-7-3-1-4-8-16/h1-5,7-9,18H,6,10-15H2,(H3,22,24,25,26,28). The van der Waals surface area contributed by atoms with Crippen molar-refractivity contribution in [3.05, 3.63) is 64.6 Å². The van der Waals surface area contributed by atoms with Crippen LogP contribution in [0, 0.1) is 10.3 Å². The SMILES string of the molecule is N=C(/N=C1\NC(=O)CC(CN(CCN=O)Cc2ccccc2)N1)C1=CC=CCC1. The third kappa shape index (κ3) is 6.46. The van der Waals surface area contributed by atoms with Crippen molar-refractivity contribution >= 4 is 17.7 Å². The molecule has 0 saturated carbocycles. The zero-order valence-electron chi connectivity index (χ0n) is 16.3. The van der Waals surface area contributed by atoms with Crippen molar-refractivity contribution in [3.63, 3.8) is 0 Å². The second kappa shape index (κ2) is 10.4. The van der Waals surface area contributed by atoms with Gasteiger partial charge in [0.05, 0.1) is 12.6 Å². The van der Waals surface area contributed by atoms with Crippen molar-refractivity contribution in [3.8, 4) is 0 Å². The molecule has 1 aliphatic heterocycles. The molecule has 2 aliphatic rings. The van der Waals surface area contributed by atoms with Gasteiger partial charge in [-0.3, -0.25) is 20.4 Å². The van der Waals surface area contributed by atoms with Gasteiger partial charge in [0.15, 0.2) is 5.84 Å². The molecule has 1 aromatic carbocycles. The van der Waals surface area contributed by atoms with Gasteiger partial charge in [0.25, 0.3) is 0 Å². The Balaban J connectivity index is 1.65. The molecule has 8 heteroatoms. The lowest BCUT2D eigenvalue weighted by molar-refractivity contribution is -0.120. The second-order valence-electron chi connectivity index (χ2n) is 7.13. The monoisotopic (exact) mass is 394 g/mol. The highest BCUT2D eigenvalue weighted by molar-refractivity contribution is 6.08. The van der Waals surface area contributed by atoms with Crippen LogP contribution in [0.5, 0.6) is 0 Å². The van der Waals surface area contributed by atoms with Gasteiger partial charge in [-0.15, -0.1) is 0 Å². The smallest absolute Gasteiger partial charge is 0.228 e. The zero-order valence-corrected chi connectivity index (χ0v) is 16.3. The highest BCUT2D eigenvalue weighted by atomic mass is 16.3. The largest absolute Gasteiger partial charge is 0.351 e. The third-order valence-corrected chi connectivity index (χ3v) is 4.81. The molecule has 0 aromatic heterocycles. The first-order valence-electron chi connectivity index (χ1n) is 9.79. The van der Waals surface area contributed by atoms with Gasteiger partial charge in [-0.1, -0.05) is 53.7 Å². The predicted molar refractivity (Wildman–Crippen MR) is 114 cm³/mol. The summed E-state index contributed by atoms with van der Waals surface area (Å²) in [6, 6.07) is 9.81. The van der Waals surface area contributed by atoms with Gasteiger partial charge in [0, 0.05) is 26.1 Å². The van der Waals surface area contributed by atoms with Gasteiger partial charge in [0.2, 0.25) is 11.9 Å². The lowest BCUT2D eigenvalue weighted by Crippen LogP contribution is -2.56. The van der Waals surface area contributed by atoms with Crippen LogP contribution in [0.2, 0.25) is 0 Å². The van der Waals surface area contributed by atoms with Crippen molar-refractivity contribution < 1.29 is 4.79 Å². The number of allylic oxidation sites excluding steroid dienone is 3. The predicted octanol–water partition coefficient (Wildman–Crippen LogP) is 2.34. The molecule has 3 rings (SSSR count). The summed E-state index contributed by atoms with van der Waals surface area (Å²) >= 11 is 0. The molecule has 1 fully saturated rings. The molecular weight excluding hydrogens is 368 g/mol. The number of rotatable bonds is 8. The lowest BCUT2D eigenvalue weighted by atomic mass is 10.0. The Labute approximate surface area is 170 Å². The lowest BCUT2D eigenvalue weighted by Gasteiger charge is -2.31. The number of hydrogen-bond donors (Lipinski definition) is 3. The molecule has 29 heavy (non-hydrogen) atoms. The first-order valence-corrected chi connectivity index (χ1v) is 9.79. The molecule has 3 N–H and O–H groups in total. The molecule has 0 radical (unpaired) electrons. The summed E-state index contributed by atoms with van der Waals surface area (Å²) in [5.74, 6) is 0.329. The van der Waals surface area contributed by atoms with Crippen LogP contribution < -0.4 is 10.6 Å². The van der Waals surface area contributed by atoms with Gasteiger partial charge in [0.1, 0.15) is 0 Å². The first-order chi connectivity index (χ1) is 14.1. The van der Waals surface area contributed by atoms with Crippen molar-refractivity contribution in [2.45, 2.75) is 31.8 Å². The van der Waals surface area contributed by atoms with Gasteiger partial charge in [-0.2, -0.15) is 9.90 Å². The minimum atomic E-state index is -0.161. The van der Waals surface area contributed by atoms with Crippen LogP contribution in [0.25, 0.3) is 0 Å². The number of carbonyl (C=O) groups excluding carboxylic acids is 1. The fourth-order valence-electron chi connectivity index (χ4n) is 3.41. The van der Waals surface area contributed by atoms with Crippen LogP contribution in [0.1, 0.15) is 24.8 Å². The maximum Gasteiger partial charge on any atom is 0.228 e. The Hall–Kier alpha value is -3.13. The van der Waals surface area contributed by atoms with Gasteiger partial charge in [-0.05, 0) is 24.0 Å². The Bertz CT molecular complexity index is 831. The molecule has 8 nitrogen and oxygen atoms in total. The topological polar surface area (TPSA) is 110 Å². The number of aliphatic imine (C=N–C) groups is 1. The summed E-state index contributed by atoms with van der Waals surface area (Å²) in [6.45, 7) is 1.94. The number of amidine groups is 1. The number of guanidine groups is 1. The van der Waals surface area contributed by atoms with E-state index in [1.807, 2.05) is 42.5 Å². The Kier molecular flexibility index (Phi) is 7.40. The molecule has 152 valence electrons. The Morgan fingerprint density at radius 1 is 1.28 bits per heavy atom. The van der Waals surface area contributed by atoms with E-state index in [1.54, 1.807) is 0 Å². The van der Waals surface area contributed by atoms with Gasteiger partial charge < -0.3 is 5.32 Å². The zero-order chi connectivity index (χ0) is 20.5. The summed E-state index contributed by atoms with van der Waals surface area (Å²) in [4.78, 5) is 29.2. The van der Waals surface area contributed by atoms with Crippen LogP contribution in [-0.4, -0.2) is 48.3 Å². The average molecular weight is 394 g/mol.